The average molecular weight is 345 g/mol. The maximum atomic E-state index is 13.4. The van der Waals surface area contributed by atoms with Gasteiger partial charge in [0.15, 0.2) is 6.10 Å². The lowest BCUT2D eigenvalue weighted by molar-refractivity contribution is -0.150. The Morgan fingerprint density at radius 2 is 1.96 bits per heavy atom. The van der Waals surface area contributed by atoms with E-state index in [1.165, 1.54) is 17.8 Å². The fourth-order valence-electron chi connectivity index (χ4n) is 1.83. The van der Waals surface area contributed by atoms with Gasteiger partial charge in [-0.1, -0.05) is 12.1 Å². The predicted molar refractivity (Wildman–Crippen MR) is 89.3 cm³/mol. The third kappa shape index (κ3) is 5.28. The first-order chi connectivity index (χ1) is 11.6. The molecule has 0 heterocycles. The van der Waals surface area contributed by atoms with Crippen LogP contribution in [0, 0.1) is 17.1 Å². The van der Waals surface area contributed by atoms with Gasteiger partial charge in [0.2, 0.25) is 0 Å². The number of hydrogen-bond acceptors (Lipinski definition) is 5. The van der Waals surface area contributed by atoms with Crippen LogP contribution in [0.15, 0.2) is 53.4 Å². The summed E-state index contributed by atoms with van der Waals surface area (Å²) < 4.78 is 24.0. The van der Waals surface area contributed by atoms with Gasteiger partial charge in [0, 0.05) is 10.6 Å². The van der Waals surface area contributed by atoms with Crippen LogP contribution in [0.25, 0.3) is 0 Å². The Morgan fingerprint density at radius 1 is 1.25 bits per heavy atom. The maximum absolute atomic E-state index is 13.4. The third-order valence-corrected chi connectivity index (χ3v) is 4.06. The number of nitrogens with zero attached hydrogens (tertiary/aromatic N) is 1. The summed E-state index contributed by atoms with van der Waals surface area (Å²) in [7, 11) is 0. The highest BCUT2D eigenvalue weighted by Crippen LogP contribution is 2.21. The van der Waals surface area contributed by atoms with Gasteiger partial charge in [-0.25, -0.2) is 9.18 Å². The first-order valence-electron chi connectivity index (χ1n) is 7.31. The summed E-state index contributed by atoms with van der Waals surface area (Å²) in [5, 5.41) is 8.73. The molecule has 0 aromatic heterocycles. The van der Waals surface area contributed by atoms with Gasteiger partial charge in [-0.3, -0.25) is 0 Å². The number of esters is 1. The van der Waals surface area contributed by atoms with Crippen molar-refractivity contribution in [1.29, 1.82) is 5.26 Å². The summed E-state index contributed by atoms with van der Waals surface area (Å²) in [6, 6.07) is 14.9. The van der Waals surface area contributed by atoms with E-state index in [1.807, 2.05) is 6.07 Å². The summed E-state index contributed by atoms with van der Waals surface area (Å²) in [6.45, 7) is 1.75. The number of carbonyl (C=O) groups excluding carboxylic acids is 1. The largest absolute Gasteiger partial charge is 0.479 e. The molecule has 2 aromatic carbocycles. The zero-order chi connectivity index (χ0) is 17.4. The molecule has 6 heteroatoms. The number of halogens is 1. The zero-order valence-electron chi connectivity index (χ0n) is 13.1. The molecule has 0 saturated carbocycles. The van der Waals surface area contributed by atoms with Crippen LogP contribution >= 0.6 is 11.8 Å². The number of nitriles is 1. The molecular weight excluding hydrogens is 329 g/mol. The van der Waals surface area contributed by atoms with Gasteiger partial charge in [-0.2, -0.15) is 5.26 Å². The minimum Gasteiger partial charge on any atom is -0.479 e. The molecule has 24 heavy (non-hydrogen) atoms. The number of thioether (sulfide) groups is 1. The Bertz CT molecular complexity index is 728. The van der Waals surface area contributed by atoms with Gasteiger partial charge in [-0.15, -0.1) is 11.8 Å². The van der Waals surface area contributed by atoms with Crippen molar-refractivity contribution in [2.45, 2.75) is 17.9 Å². The minimum absolute atomic E-state index is 0.166. The highest BCUT2D eigenvalue weighted by molar-refractivity contribution is 7.99. The highest BCUT2D eigenvalue weighted by Gasteiger charge is 2.16. The zero-order valence-corrected chi connectivity index (χ0v) is 13.9. The quantitative estimate of drug-likeness (QED) is 0.434. The van der Waals surface area contributed by atoms with Crippen LogP contribution in [0.4, 0.5) is 4.39 Å². The minimum atomic E-state index is -0.767. The lowest BCUT2D eigenvalue weighted by atomic mass is 10.2. The molecule has 0 fully saturated rings. The number of rotatable bonds is 7. The predicted octanol–water partition coefficient (Wildman–Crippen LogP) is 3.80. The second-order valence-corrected chi connectivity index (χ2v) is 5.98. The molecule has 1 atom stereocenters. The summed E-state index contributed by atoms with van der Waals surface area (Å²) in [5.74, 6) is 0.162. The molecule has 2 aromatic rings. The van der Waals surface area contributed by atoms with Gasteiger partial charge in [-0.05, 0) is 43.3 Å². The SMILES string of the molecule is C[C@H](Oc1ccc(C#N)cc1)C(=O)OCCSc1ccccc1F. The summed E-state index contributed by atoms with van der Waals surface area (Å²) in [6.07, 6.45) is -0.767. The molecule has 0 unspecified atom stereocenters. The molecule has 124 valence electrons. The van der Waals surface area contributed by atoms with Crippen molar-refractivity contribution < 1.29 is 18.7 Å². The fourth-order valence-corrected chi connectivity index (χ4v) is 2.60. The van der Waals surface area contributed by atoms with Crippen LogP contribution < -0.4 is 4.74 Å². The second-order valence-electron chi connectivity index (χ2n) is 4.84. The summed E-state index contributed by atoms with van der Waals surface area (Å²) in [5.41, 5.74) is 0.516. The molecule has 0 saturated heterocycles. The smallest absolute Gasteiger partial charge is 0.347 e. The van der Waals surface area contributed by atoms with Crippen molar-refractivity contribution in [3.63, 3.8) is 0 Å². The van der Waals surface area contributed by atoms with Crippen LogP contribution in [0.2, 0.25) is 0 Å². The van der Waals surface area contributed by atoms with Crippen LogP contribution in [0.5, 0.6) is 5.75 Å². The highest BCUT2D eigenvalue weighted by atomic mass is 32.2. The number of carbonyl (C=O) groups is 1. The van der Waals surface area contributed by atoms with Crippen molar-refractivity contribution in [2.24, 2.45) is 0 Å². The monoisotopic (exact) mass is 345 g/mol. The molecular formula is C18H16FNO3S. The number of ether oxygens (including phenoxy) is 2. The topological polar surface area (TPSA) is 59.3 Å². The van der Waals surface area contributed by atoms with Crippen LogP contribution in [0.3, 0.4) is 0 Å². The first kappa shape index (κ1) is 17.8. The van der Waals surface area contributed by atoms with Crippen molar-refractivity contribution >= 4 is 17.7 Å². The Labute approximate surface area is 144 Å². The van der Waals surface area contributed by atoms with E-state index in [0.29, 0.717) is 22.0 Å². The second kappa shape index (κ2) is 8.94. The Kier molecular flexibility index (Phi) is 6.64. The Hall–Kier alpha value is -2.52. The van der Waals surface area contributed by atoms with E-state index in [2.05, 4.69) is 0 Å². The Balaban J connectivity index is 1.73. The summed E-state index contributed by atoms with van der Waals surface area (Å²) in [4.78, 5) is 12.4. The van der Waals surface area contributed by atoms with E-state index in [0.717, 1.165) is 0 Å². The number of benzene rings is 2. The molecule has 0 amide bonds. The standard InChI is InChI=1S/C18H16FNO3S/c1-13(23-15-8-6-14(12-20)7-9-15)18(21)22-10-11-24-17-5-3-2-4-16(17)19/h2-9,13H,10-11H2,1H3/t13-/m0/s1. The van der Waals surface area contributed by atoms with Crippen LogP contribution in [-0.2, 0) is 9.53 Å². The normalized spacial score (nSPS) is 11.4. The first-order valence-corrected chi connectivity index (χ1v) is 8.29. The molecule has 0 aliphatic carbocycles. The van der Waals surface area contributed by atoms with Crippen LogP contribution in [-0.4, -0.2) is 24.4 Å². The average Bonchev–Trinajstić information content (AvgIpc) is 2.60. The van der Waals surface area contributed by atoms with Crippen molar-refractivity contribution in [3.05, 3.63) is 59.9 Å². The molecule has 0 N–H and O–H groups in total. The lowest BCUT2D eigenvalue weighted by Crippen LogP contribution is -2.26. The van der Waals surface area contributed by atoms with Gasteiger partial charge >= 0.3 is 5.97 Å². The molecule has 0 spiro atoms. The van der Waals surface area contributed by atoms with E-state index in [9.17, 15) is 9.18 Å². The van der Waals surface area contributed by atoms with Gasteiger partial charge < -0.3 is 9.47 Å². The van der Waals surface area contributed by atoms with Crippen molar-refractivity contribution in [3.8, 4) is 11.8 Å². The van der Waals surface area contributed by atoms with Crippen LogP contribution in [0.1, 0.15) is 12.5 Å². The van der Waals surface area contributed by atoms with Gasteiger partial charge in [0.1, 0.15) is 18.2 Å². The number of hydrogen-bond donors (Lipinski definition) is 0. The van der Waals surface area contributed by atoms with Crippen molar-refractivity contribution in [1.82, 2.24) is 0 Å². The fraction of sp³-hybridized carbons (Fsp3) is 0.222. The molecule has 0 aliphatic heterocycles. The van der Waals surface area contributed by atoms with Crippen molar-refractivity contribution in [2.75, 3.05) is 12.4 Å². The third-order valence-electron chi connectivity index (χ3n) is 3.05. The molecule has 2 rings (SSSR count). The Morgan fingerprint density at radius 3 is 2.62 bits per heavy atom. The van der Waals surface area contributed by atoms with Gasteiger partial charge in [0.25, 0.3) is 0 Å². The van der Waals surface area contributed by atoms with Gasteiger partial charge in [0.05, 0.1) is 11.6 Å². The van der Waals surface area contributed by atoms with E-state index < -0.39 is 12.1 Å². The molecule has 4 nitrogen and oxygen atoms in total. The summed E-state index contributed by atoms with van der Waals surface area (Å²) >= 11 is 1.29. The molecule has 0 radical (unpaired) electrons. The molecule has 0 aliphatic rings. The molecule has 0 bridgehead atoms. The van der Waals surface area contributed by atoms with E-state index in [1.54, 1.807) is 49.4 Å². The maximum Gasteiger partial charge on any atom is 0.347 e. The van der Waals surface area contributed by atoms with E-state index in [4.69, 9.17) is 14.7 Å². The lowest BCUT2D eigenvalue weighted by Gasteiger charge is -2.14. The van der Waals surface area contributed by atoms with E-state index in [-0.39, 0.29) is 12.4 Å². The van der Waals surface area contributed by atoms with E-state index >= 15 is 0 Å².